The van der Waals surface area contributed by atoms with Crippen LogP contribution >= 0.6 is 0 Å². The number of rotatable bonds is 4. The molecule has 2 N–H and O–H groups in total. The fraction of sp³-hybridized carbons (Fsp3) is 0.421. The van der Waals surface area contributed by atoms with Crippen LogP contribution in [-0.2, 0) is 22.6 Å². The fourth-order valence-electron chi connectivity index (χ4n) is 3.87. The predicted molar refractivity (Wildman–Crippen MR) is 98.8 cm³/mol. The average molecular weight is 407 g/mol. The van der Waals surface area contributed by atoms with Gasteiger partial charge in [-0.1, -0.05) is 0 Å². The maximum atomic E-state index is 13.4. The molecule has 1 saturated heterocycles. The number of carbonyl (C=O) groups is 2. The molecular weight excluding hydrogens is 387 g/mol. The van der Waals surface area contributed by atoms with Crippen molar-refractivity contribution in [3.8, 4) is 0 Å². The highest BCUT2D eigenvalue weighted by molar-refractivity contribution is 5.97. The lowest BCUT2D eigenvalue weighted by molar-refractivity contribution is -0.120. The maximum absolute atomic E-state index is 13.4. The number of fused-ring (bicyclic) bond motifs is 1. The highest BCUT2D eigenvalue weighted by atomic mass is 19.2. The summed E-state index contributed by atoms with van der Waals surface area (Å²) in [5, 5.41) is 9.87. The third kappa shape index (κ3) is 3.59. The van der Waals surface area contributed by atoms with E-state index >= 15 is 0 Å². The van der Waals surface area contributed by atoms with Gasteiger partial charge in [0.05, 0.1) is 17.6 Å². The molecule has 2 amide bonds. The van der Waals surface area contributed by atoms with Crippen molar-refractivity contribution in [2.75, 3.05) is 23.8 Å². The largest absolute Gasteiger partial charge is 0.326 e. The Kier molecular flexibility index (Phi) is 5.03. The van der Waals surface area contributed by atoms with Crippen LogP contribution < -0.4 is 15.5 Å². The van der Waals surface area contributed by atoms with Crippen LogP contribution in [0.1, 0.15) is 18.5 Å². The summed E-state index contributed by atoms with van der Waals surface area (Å²) in [6.07, 6.45) is 2.85. The molecule has 7 nitrogen and oxygen atoms in total. The van der Waals surface area contributed by atoms with Crippen molar-refractivity contribution in [3.63, 3.8) is 0 Å². The standard InChI is InChI=1S/C19H20F3N5O2/c1-23-12-7-17(28)26(9-12)16-8-24-27-3-2-10(4-15(16)27)19(29)25-11-5-13(20)18(22)14(21)6-11/h5-6,8,10,12,23H,2-4,7,9H2,1H3,(H,25,29). The Bertz CT molecular complexity index is 954. The molecule has 1 aromatic carbocycles. The molecule has 2 aliphatic heterocycles. The molecule has 2 aromatic rings. The molecule has 0 bridgehead atoms. The van der Waals surface area contributed by atoms with E-state index in [1.165, 1.54) is 0 Å². The number of aryl methyl sites for hydroxylation is 1. The molecule has 2 unspecified atom stereocenters. The topological polar surface area (TPSA) is 79.3 Å². The number of hydrogen-bond acceptors (Lipinski definition) is 4. The lowest BCUT2D eigenvalue weighted by Crippen LogP contribution is -2.33. The third-order valence-electron chi connectivity index (χ3n) is 5.50. The summed E-state index contributed by atoms with van der Waals surface area (Å²) >= 11 is 0. The Balaban J connectivity index is 1.51. The number of aromatic nitrogens is 2. The van der Waals surface area contributed by atoms with Gasteiger partial charge < -0.3 is 15.5 Å². The SMILES string of the molecule is CNC1CC(=O)N(c2cnn3c2CC(C(=O)Nc2cc(F)c(F)c(F)c2)CC3)C1. The van der Waals surface area contributed by atoms with E-state index in [4.69, 9.17) is 0 Å². The van der Waals surface area contributed by atoms with Gasteiger partial charge in [0.25, 0.3) is 0 Å². The zero-order valence-electron chi connectivity index (χ0n) is 15.7. The second kappa shape index (κ2) is 7.51. The van der Waals surface area contributed by atoms with Gasteiger partial charge in [-0.15, -0.1) is 0 Å². The Morgan fingerprint density at radius 1 is 1.21 bits per heavy atom. The van der Waals surface area contributed by atoms with Crippen LogP contribution in [-0.4, -0.2) is 41.2 Å². The molecule has 3 heterocycles. The zero-order valence-corrected chi connectivity index (χ0v) is 15.7. The van der Waals surface area contributed by atoms with Crippen molar-refractivity contribution < 1.29 is 22.8 Å². The summed E-state index contributed by atoms with van der Waals surface area (Å²) < 4.78 is 41.7. The number of anilines is 2. The van der Waals surface area contributed by atoms with E-state index in [9.17, 15) is 22.8 Å². The molecule has 0 spiro atoms. The van der Waals surface area contributed by atoms with Crippen molar-refractivity contribution in [2.24, 2.45) is 5.92 Å². The number of carbonyl (C=O) groups excluding carboxylic acids is 2. The van der Waals surface area contributed by atoms with Gasteiger partial charge in [0.15, 0.2) is 17.5 Å². The molecule has 0 aliphatic carbocycles. The van der Waals surface area contributed by atoms with E-state index in [0.29, 0.717) is 38.0 Å². The number of likely N-dealkylation sites (N-methyl/N-ethyl adjacent to an activating group) is 1. The zero-order chi connectivity index (χ0) is 20.7. The van der Waals surface area contributed by atoms with Crippen molar-refractivity contribution in [2.45, 2.75) is 31.8 Å². The van der Waals surface area contributed by atoms with Crippen LogP contribution in [0.15, 0.2) is 18.3 Å². The van der Waals surface area contributed by atoms with Gasteiger partial charge in [0.2, 0.25) is 11.8 Å². The minimum atomic E-state index is -1.58. The molecule has 154 valence electrons. The highest BCUT2D eigenvalue weighted by Gasteiger charge is 2.35. The van der Waals surface area contributed by atoms with Crippen LogP contribution in [0.4, 0.5) is 24.5 Å². The molecule has 0 radical (unpaired) electrons. The van der Waals surface area contributed by atoms with E-state index in [1.54, 1.807) is 22.8 Å². The first kappa shape index (κ1) is 19.4. The van der Waals surface area contributed by atoms with E-state index in [0.717, 1.165) is 17.8 Å². The van der Waals surface area contributed by atoms with Crippen LogP contribution in [0.5, 0.6) is 0 Å². The van der Waals surface area contributed by atoms with Crippen molar-refractivity contribution in [1.29, 1.82) is 0 Å². The van der Waals surface area contributed by atoms with E-state index in [-0.39, 0.29) is 17.6 Å². The van der Waals surface area contributed by atoms with Gasteiger partial charge in [0, 0.05) is 55.7 Å². The molecular formula is C19H20F3N5O2. The Morgan fingerprint density at radius 2 is 1.93 bits per heavy atom. The second-order valence-corrected chi connectivity index (χ2v) is 7.33. The molecule has 2 atom stereocenters. The first-order valence-electron chi connectivity index (χ1n) is 9.35. The van der Waals surface area contributed by atoms with Gasteiger partial charge in [-0.3, -0.25) is 14.3 Å². The highest BCUT2D eigenvalue weighted by Crippen LogP contribution is 2.32. The summed E-state index contributed by atoms with van der Waals surface area (Å²) in [6, 6.07) is 1.55. The normalized spacial score (nSPS) is 21.4. The second-order valence-electron chi connectivity index (χ2n) is 7.33. The number of benzene rings is 1. The fourth-order valence-corrected chi connectivity index (χ4v) is 3.87. The van der Waals surface area contributed by atoms with Crippen LogP contribution in [0.3, 0.4) is 0 Å². The Morgan fingerprint density at radius 3 is 2.59 bits per heavy atom. The maximum Gasteiger partial charge on any atom is 0.228 e. The summed E-state index contributed by atoms with van der Waals surface area (Å²) in [7, 11) is 1.80. The van der Waals surface area contributed by atoms with E-state index in [2.05, 4.69) is 15.7 Å². The van der Waals surface area contributed by atoms with Crippen LogP contribution in [0, 0.1) is 23.4 Å². The average Bonchev–Trinajstić information content (AvgIpc) is 3.28. The number of nitrogens with zero attached hydrogens (tertiary/aromatic N) is 3. The quantitative estimate of drug-likeness (QED) is 0.758. The predicted octanol–water partition coefficient (Wildman–Crippen LogP) is 1.83. The molecule has 0 saturated carbocycles. The summed E-state index contributed by atoms with van der Waals surface area (Å²) in [6.45, 7) is 1.01. The smallest absolute Gasteiger partial charge is 0.228 e. The van der Waals surface area contributed by atoms with Crippen molar-refractivity contribution in [1.82, 2.24) is 15.1 Å². The van der Waals surface area contributed by atoms with Gasteiger partial charge in [-0.2, -0.15) is 5.10 Å². The number of amides is 2. The van der Waals surface area contributed by atoms with Crippen molar-refractivity contribution in [3.05, 3.63) is 41.5 Å². The van der Waals surface area contributed by atoms with E-state index in [1.807, 2.05) is 0 Å². The van der Waals surface area contributed by atoms with Gasteiger partial charge in [-0.25, -0.2) is 13.2 Å². The van der Waals surface area contributed by atoms with Crippen molar-refractivity contribution >= 4 is 23.2 Å². The molecule has 1 fully saturated rings. The monoisotopic (exact) mass is 407 g/mol. The Hall–Kier alpha value is -2.88. The number of nitrogens with one attached hydrogen (secondary N) is 2. The minimum absolute atomic E-state index is 0.0102. The molecule has 29 heavy (non-hydrogen) atoms. The number of halogens is 3. The molecule has 4 rings (SSSR count). The Labute approximate surface area is 164 Å². The lowest BCUT2D eigenvalue weighted by Gasteiger charge is -2.25. The minimum Gasteiger partial charge on any atom is -0.326 e. The van der Waals surface area contributed by atoms with Gasteiger partial charge >= 0.3 is 0 Å². The van der Waals surface area contributed by atoms with Gasteiger partial charge in [0.1, 0.15) is 0 Å². The first-order valence-corrected chi connectivity index (χ1v) is 9.35. The van der Waals surface area contributed by atoms with Crippen LogP contribution in [0.25, 0.3) is 0 Å². The molecule has 2 aliphatic rings. The lowest BCUT2D eigenvalue weighted by atomic mass is 9.94. The first-order chi connectivity index (χ1) is 13.9. The molecule has 1 aromatic heterocycles. The van der Waals surface area contributed by atoms with E-state index < -0.39 is 29.3 Å². The third-order valence-corrected chi connectivity index (χ3v) is 5.50. The molecule has 10 heteroatoms. The summed E-state index contributed by atoms with van der Waals surface area (Å²) in [5.74, 6) is -5.21. The number of hydrogen-bond donors (Lipinski definition) is 2. The van der Waals surface area contributed by atoms with Crippen LogP contribution in [0.2, 0.25) is 0 Å². The summed E-state index contributed by atoms with van der Waals surface area (Å²) in [5.41, 5.74) is 1.32. The van der Waals surface area contributed by atoms with Gasteiger partial charge in [-0.05, 0) is 13.5 Å². The summed E-state index contributed by atoms with van der Waals surface area (Å²) in [4.78, 5) is 26.6.